The van der Waals surface area contributed by atoms with Crippen LogP contribution in [0.1, 0.15) is 31.2 Å². The molecule has 3 nitrogen and oxygen atoms in total. The Labute approximate surface area is 193 Å². The first kappa shape index (κ1) is 23.2. The van der Waals surface area contributed by atoms with Gasteiger partial charge in [-0.1, -0.05) is 41.4 Å². The predicted octanol–water partition coefficient (Wildman–Crippen LogP) is 6.56. The maximum absolute atomic E-state index is 12.8. The molecular formula is C21H18Cl3F3O3S. The summed E-state index contributed by atoms with van der Waals surface area (Å²) in [6.45, 7) is 0. The van der Waals surface area contributed by atoms with E-state index < -0.39 is 30.7 Å². The van der Waals surface area contributed by atoms with Crippen LogP contribution in [0.5, 0.6) is 0 Å². The van der Waals surface area contributed by atoms with Crippen LogP contribution in [-0.4, -0.2) is 31.5 Å². The molecule has 0 bridgehead atoms. The zero-order chi connectivity index (χ0) is 22.8. The molecule has 31 heavy (non-hydrogen) atoms. The van der Waals surface area contributed by atoms with Gasteiger partial charge in [0.15, 0.2) is 5.06 Å². The molecule has 0 N–H and O–H groups in total. The lowest BCUT2D eigenvalue weighted by atomic mass is 9.92. The van der Waals surface area contributed by atoms with Crippen molar-refractivity contribution in [1.82, 2.24) is 0 Å². The molecule has 1 spiro atoms. The normalized spacial score (nSPS) is 28.0. The topological polar surface area (TPSA) is 43.4 Å². The Morgan fingerprint density at radius 2 is 1.68 bits per heavy atom. The van der Waals surface area contributed by atoms with Crippen molar-refractivity contribution in [3.63, 3.8) is 0 Å². The maximum Gasteiger partial charge on any atom is 0.501 e. The number of hydrogen-bond acceptors (Lipinski definition) is 3. The molecule has 1 fully saturated rings. The molecule has 4 rings (SSSR count). The van der Waals surface area contributed by atoms with Crippen LogP contribution in [-0.2, 0) is 14.6 Å². The average molecular weight is 514 g/mol. The highest BCUT2D eigenvalue weighted by Gasteiger charge is 2.50. The van der Waals surface area contributed by atoms with Crippen molar-refractivity contribution < 1.29 is 26.3 Å². The molecule has 0 heterocycles. The van der Waals surface area contributed by atoms with Gasteiger partial charge in [-0.15, -0.1) is 11.6 Å². The number of hydrogen-bond donors (Lipinski definition) is 0. The molecule has 1 aromatic carbocycles. The molecular weight excluding hydrogens is 496 g/mol. The number of alkyl halides is 5. The number of sulfone groups is 1. The summed E-state index contributed by atoms with van der Waals surface area (Å²) in [7, 11) is -3.97. The fourth-order valence-electron chi connectivity index (χ4n) is 4.15. The van der Waals surface area contributed by atoms with Gasteiger partial charge in [-0.3, -0.25) is 0 Å². The number of benzene rings is 1. The third kappa shape index (κ3) is 3.86. The van der Waals surface area contributed by atoms with Crippen LogP contribution in [0.3, 0.4) is 0 Å². The summed E-state index contributed by atoms with van der Waals surface area (Å²) < 4.78 is 67.2. The van der Waals surface area contributed by atoms with Crippen molar-refractivity contribution in [3.05, 3.63) is 58.2 Å². The number of allylic oxidation sites excluding steroid dienone is 4. The molecule has 0 radical (unpaired) electrons. The van der Waals surface area contributed by atoms with Crippen molar-refractivity contribution in [3.8, 4) is 0 Å². The van der Waals surface area contributed by atoms with Gasteiger partial charge in [0, 0.05) is 12.1 Å². The van der Waals surface area contributed by atoms with Crippen LogP contribution in [0.4, 0.5) is 13.2 Å². The van der Waals surface area contributed by atoms with Crippen molar-refractivity contribution in [2.24, 2.45) is 5.41 Å². The Kier molecular flexibility index (Phi) is 5.62. The lowest BCUT2D eigenvalue weighted by Crippen LogP contribution is -2.35. The molecule has 1 aromatic rings. The molecule has 168 valence electrons. The highest BCUT2D eigenvalue weighted by atomic mass is 35.5. The Bertz CT molecular complexity index is 1120. The molecule has 0 aromatic heterocycles. The van der Waals surface area contributed by atoms with Gasteiger partial charge in [0.05, 0.1) is 4.90 Å². The van der Waals surface area contributed by atoms with Crippen LogP contribution >= 0.6 is 34.8 Å². The van der Waals surface area contributed by atoms with Crippen LogP contribution in [0.15, 0.2) is 57.5 Å². The smallest absolute Gasteiger partial charge is 0.357 e. The van der Waals surface area contributed by atoms with Gasteiger partial charge in [-0.05, 0) is 71.6 Å². The minimum atomic E-state index is -5.40. The lowest BCUT2D eigenvalue weighted by Gasteiger charge is -2.31. The van der Waals surface area contributed by atoms with E-state index in [4.69, 9.17) is 39.5 Å². The quantitative estimate of drug-likeness (QED) is 0.428. The van der Waals surface area contributed by atoms with Gasteiger partial charge in [0.25, 0.3) is 9.84 Å². The first-order valence-corrected chi connectivity index (χ1v) is 12.1. The molecule has 3 aliphatic carbocycles. The van der Waals surface area contributed by atoms with E-state index in [1.807, 2.05) is 0 Å². The molecule has 2 atom stereocenters. The van der Waals surface area contributed by atoms with Gasteiger partial charge in [0.1, 0.15) is 5.38 Å². The predicted molar refractivity (Wildman–Crippen MR) is 115 cm³/mol. The first-order chi connectivity index (χ1) is 14.3. The fourth-order valence-corrected chi connectivity index (χ4v) is 5.75. The Morgan fingerprint density at radius 3 is 2.19 bits per heavy atom. The van der Waals surface area contributed by atoms with E-state index in [1.165, 1.54) is 19.2 Å². The second-order valence-electron chi connectivity index (χ2n) is 8.14. The van der Waals surface area contributed by atoms with E-state index in [-0.39, 0.29) is 5.41 Å². The summed E-state index contributed by atoms with van der Waals surface area (Å²) in [6, 6.07) is 4.81. The van der Waals surface area contributed by atoms with E-state index in [0.29, 0.717) is 10.6 Å². The lowest BCUT2D eigenvalue weighted by molar-refractivity contribution is -0.0436. The third-order valence-corrected chi connectivity index (χ3v) is 9.37. The average Bonchev–Trinajstić information content (AvgIpc) is 3.37. The van der Waals surface area contributed by atoms with Gasteiger partial charge >= 0.3 is 5.51 Å². The summed E-state index contributed by atoms with van der Waals surface area (Å²) in [6.07, 6.45) is 6.96. The summed E-state index contributed by atoms with van der Waals surface area (Å²) >= 11 is 19.4. The minimum Gasteiger partial charge on any atom is -0.357 e. The zero-order valence-electron chi connectivity index (χ0n) is 16.3. The van der Waals surface area contributed by atoms with Crippen LogP contribution in [0, 0.1) is 5.41 Å². The summed E-state index contributed by atoms with van der Waals surface area (Å²) in [4.78, 5) is -0.785. The highest BCUT2D eigenvalue weighted by Crippen LogP contribution is 2.63. The standard InChI is InChI=1S/C21H18Cl3F3O3S/c1-30-20(24)7-6-14(17(22)18(20)23)16-11-19(8-9-19)10-15(16)12-2-4-13(5-3-12)31(28,29)21(25,26)27/h2-7,18H,8-11H2,1H3. The van der Waals surface area contributed by atoms with Crippen LogP contribution < -0.4 is 0 Å². The second-order valence-corrected chi connectivity index (χ2v) is 11.5. The summed E-state index contributed by atoms with van der Waals surface area (Å²) in [5.41, 5.74) is -1.98. The molecule has 10 heteroatoms. The summed E-state index contributed by atoms with van der Waals surface area (Å²) in [5, 5.41) is -1.75. The van der Waals surface area contributed by atoms with Gasteiger partial charge in [-0.25, -0.2) is 8.42 Å². The van der Waals surface area contributed by atoms with E-state index in [0.717, 1.165) is 54.5 Å². The van der Waals surface area contributed by atoms with Crippen LogP contribution in [0.2, 0.25) is 0 Å². The Morgan fingerprint density at radius 1 is 1.10 bits per heavy atom. The van der Waals surface area contributed by atoms with Gasteiger partial charge in [0.2, 0.25) is 0 Å². The monoisotopic (exact) mass is 512 g/mol. The molecule has 0 saturated heterocycles. The Balaban J connectivity index is 1.76. The maximum atomic E-state index is 12.8. The number of rotatable bonds is 4. The second kappa shape index (κ2) is 7.52. The van der Waals surface area contributed by atoms with Crippen molar-refractivity contribution in [1.29, 1.82) is 0 Å². The van der Waals surface area contributed by atoms with E-state index >= 15 is 0 Å². The van der Waals surface area contributed by atoms with Crippen molar-refractivity contribution in [2.75, 3.05) is 7.11 Å². The van der Waals surface area contributed by atoms with E-state index in [2.05, 4.69) is 0 Å². The zero-order valence-corrected chi connectivity index (χ0v) is 19.4. The van der Waals surface area contributed by atoms with Crippen molar-refractivity contribution >= 4 is 50.2 Å². The number of halogens is 6. The molecule has 2 unspecified atom stereocenters. The third-order valence-electron chi connectivity index (χ3n) is 6.18. The minimum absolute atomic E-state index is 0.109. The van der Waals surface area contributed by atoms with E-state index in [9.17, 15) is 21.6 Å². The fraction of sp³-hybridized carbons (Fsp3) is 0.429. The SMILES string of the molecule is COC1(Cl)C=CC(C2=C(c3ccc(S(=O)(=O)C(F)(F)F)cc3)CC3(CC3)C2)=C(Cl)C1Cl. The largest absolute Gasteiger partial charge is 0.501 e. The van der Waals surface area contributed by atoms with Gasteiger partial charge < -0.3 is 4.74 Å². The molecule has 0 amide bonds. The van der Waals surface area contributed by atoms with E-state index in [1.54, 1.807) is 12.2 Å². The Hall–Kier alpha value is -0.990. The summed E-state index contributed by atoms with van der Waals surface area (Å²) in [5.74, 6) is 0. The molecule has 3 aliphatic rings. The molecule has 0 aliphatic heterocycles. The van der Waals surface area contributed by atoms with Crippen LogP contribution in [0.25, 0.3) is 5.57 Å². The number of ether oxygens (including phenoxy) is 1. The first-order valence-electron chi connectivity index (χ1n) is 9.45. The van der Waals surface area contributed by atoms with Gasteiger partial charge in [-0.2, -0.15) is 13.2 Å². The highest BCUT2D eigenvalue weighted by molar-refractivity contribution is 7.92. The van der Waals surface area contributed by atoms with Crippen molar-refractivity contribution in [2.45, 2.75) is 46.5 Å². The molecule has 1 saturated carbocycles. The number of methoxy groups -OCH3 is 1.